The summed E-state index contributed by atoms with van der Waals surface area (Å²) in [6.07, 6.45) is 1.08. The third-order valence-electron chi connectivity index (χ3n) is 3.31. The van der Waals surface area contributed by atoms with E-state index in [9.17, 15) is 13.2 Å². The lowest BCUT2D eigenvalue weighted by atomic mass is 10.2. The van der Waals surface area contributed by atoms with Crippen LogP contribution in [0.1, 0.15) is 9.67 Å². The highest BCUT2D eigenvalue weighted by molar-refractivity contribution is 7.92. The van der Waals surface area contributed by atoms with Crippen LogP contribution in [0, 0.1) is 0 Å². The monoisotopic (exact) mass is 372 g/mol. The highest BCUT2D eigenvalue weighted by Gasteiger charge is 2.11. The van der Waals surface area contributed by atoms with Gasteiger partial charge >= 0.3 is 0 Å². The second kappa shape index (κ2) is 7.08. The number of hydrogen-bond acceptors (Lipinski definition) is 4. The van der Waals surface area contributed by atoms with Gasteiger partial charge in [-0.3, -0.25) is 9.52 Å². The fourth-order valence-corrected chi connectivity index (χ4v) is 3.75. The molecule has 5 nitrogen and oxygen atoms in total. The molecule has 25 heavy (non-hydrogen) atoms. The molecule has 0 aliphatic carbocycles. The molecule has 0 spiro atoms. The van der Waals surface area contributed by atoms with E-state index in [4.69, 9.17) is 0 Å². The summed E-state index contributed by atoms with van der Waals surface area (Å²) >= 11 is 1.40. The number of nitrogens with one attached hydrogen (secondary N) is 2. The molecule has 0 atom stereocenters. The maximum absolute atomic E-state index is 12.4. The zero-order valence-electron chi connectivity index (χ0n) is 13.4. The van der Waals surface area contributed by atoms with Crippen LogP contribution in [0.25, 0.3) is 10.4 Å². The van der Waals surface area contributed by atoms with Crippen LogP contribution < -0.4 is 10.0 Å². The molecule has 3 rings (SSSR count). The van der Waals surface area contributed by atoms with Crippen molar-refractivity contribution in [3.63, 3.8) is 0 Å². The Morgan fingerprint density at radius 2 is 1.64 bits per heavy atom. The van der Waals surface area contributed by atoms with Crippen molar-refractivity contribution in [2.24, 2.45) is 0 Å². The van der Waals surface area contributed by atoms with Crippen LogP contribution in [-0.4, -0.2) is 20.6 Å². The Labute approximate surface area is 150 Å². The molecule has 2 aromatic carbocycles. The molecular formula is C18H16N2O3S2. The van der Waals surface area contributed by atoms with Gasteiger partial charge in [-0.25, -0.2) is 8.42 Å². The van der Waals surface area contributed by atoms with Crippen molar-refractivity contribution in [1.29, 1.82) is 0 Å². The van der Waals surface area contributed by atoms with E-state index in [1.807, 2.05) is 36.4 Å². The molecule has 1 aromatic heterocycles. The first-order valence-corrected chi connectivity index (χ1v) is 10.2. The summed E-state index contributed by atoms with van der Waals surface area (Å²) in [6, 6.07) is 20.1. The van der Waals surface area contributed by atoms with Gasteiger partial charge < -0.3 is 5.32 Å². The first-order valence-electron chi connectivity index (χ1n) is 7.45. The Hall–Kier alpha value is -2.64. The summed E-state index contributed by atoms with van der Waals surface area (Å²) in [7, 11) is -3.36. The molecule has 0 unspecified atom stereocenters. The fourth-order valence-electron chi connectivity index (χ4n) is 2.28. The van der Waals surface area contributed by atoms with Crippen LogP contribution in [0.2, 0.25) is 0 Å². The van der Waals surface area contributed by atoms with Crippen LogP contribution in [0.3, 0.4) is 0 Å². The normalized spacial score (nSPS) is 11.1. The topological polar surface area (TPSA) is 75.3 Å². The number of anilines is 2. The van der Waals surface area contributed by atoms with Gasteiger partial charge in [-0.1, -0.05) is 36.4 Å². The van der Waals surface area contributed by atoms with Crippen molar-refractivity contribution in [2.45, 2.75) is 0 Å². The van der Waals surface area contributed by atoms with E-state index in [0.29, 0.717) is 16.3 Å². The molecule has 0 saturated heterocycles. The molecule has 3 aromatic rings. The van der Waals surface area contributed by atoms with E-state index in [1.165, 1.54) is 11.3 Å². The Kier molecular flexibility index (Phi) is 4.87. The van der Waals surface area contributed by atoms with Crippen LogP contribution in [0.4, 0.5) is 11.4 Å². The minimum absolute atomic E-state index is 0.233. The number of sulfonamides is 1. The number of carbonyl (C=O) groups is 1. The molecule has 0 aliphatic rings. The van der Waals surface area contributed by atoms with Crippen molar-refractivity contribution in [3.05, 3.63) is 71.6 Å². The third kappa shape index (κ3) is 4.68. The standard InChI is InChI=1S/C18H16N2O3S2/c1-25(22,23)20-15-9-5-8-14(12-15)19-18(21)17-11-10-16(24-17)13-6-3-2-4-7-13/h2-12,20H,1H3,(H,19,21). The highest BCUT2D eigenvalue weighted by Crippen LogP contribution is 2.28. The van der Waals surface area contributed by atoms with Crippen molar-refractivity contribution < 1.29 is 13.2 Å². The summed E-state index contributed by atoms with van der Waals surface area (Å²) in [6.45, 7) is 0. The molecule has 1 amide bonds. The van der Waals surface area contributed by atoms with Crippen LogP contribution >= 0.6 is 11.3 Å². The zero-order chi connectivity index (χ0) is 17.9. The zero-order valence-corrected chi connectivity index (χ0v) is 15.0. The Balaban J connectivity index is 1.75. The predicted octanol–water partition coefficient (Wildman–Crippen LogP) is 4.04. The number of hydrogen-bond donors (Lipinski definition) is 2. The largest absolute Gasteiger partial charge is 0.321 e. The maximum atomic E-state index is 12.4. The Morgan fingerprint density at radius 1 is 0.920 bits per heavy atom. The van der Waals surface area contributed by atoms with Crippen molar-refractivity contribution in [3.8, 4) is 10.4 Å². The molecule has 128 valence electrons. The number of thiophene rings is 1. The summed E-state index contributed by atoms with van der Waals surface area (Å²) in [5, 5.41) is 2.79. The number of benzene rings is 2. The lowest BCUT2D eigenvalue weighted by molar-refractivity contribution is 0.103. The van der Waals surface area contributed by atoms with Crippen molar-refractivity contribution >= 4 is 38.6 Å². The summed E-state index contributed by atoms with van der Waals surface area (Å²) in [4.78, 5) is 14.0. The lowest BCUT2D eigenvalue weighted by Crippen LogP contribution is -2.12. The molecular weight excluding hydrogens is 356 g/mol. The first-order chi connectivity index (χ1) is 11.9. The van der Waals surface area contributed by atoms with Crippen molar-refractivity contribution in [2.75, 3.05) is 16.3 Å². The van der Waals surface area contributed by atoms with Gasteiger partial charge in [-0.2, -0.15) is 0 Å². The van der Waals surface area contributed by atoms with Crippen LogP contribution in [0.5, 0.6) is 0 Å². The second-order valence-electron chi connectivity index (χ2n) is 5.44. The quantitative estimate of drug-likeness (QED) is 0.710. The van der Waals surface area contributed by atoms with E-state index in [2.05, 4.69) is 10.0 Å². The molecule has 2 N–H and O–H groups in total. The predicted molar refractivity (Wildman–Crippen MR) is 103 cm³/mol. The molecule has 0 saturated carbocycles. The third-order valence-corrected chi connectivity index (χ3v) is 5.05. The van der Waals surface area contributed by atoms with E-state index in [0.717, 1.165) is 16.7 Å². The van der Waals surface area contributed by atoms with E-state index < -0.39 is 10.0 Å². The SMILES string of the molecule is CS(=O)(=O)Nc1cccc(NC(=O)c2ccc(-c3ccccc3)s2)c1. The van der Waals surface area contributed by atoms with Gasteiger partial charge in [0.1, 0.15) is 0 Å². The molecule has 1 heterocycles. The van der Waals surface area contributed by atoms with Gasteiger partial charge in [0.2, 0.25) is 10.0 Å². The van der Waals surface area contributed by atoms with Gasteiger partial charge in [0.15, 0.2) is 0 Å². The lowest BCUT2D eigenvalue weighted by Gasteiger charge is -2.07. The minimum Gasteiger partial charge on any atom is -0.321 e. The average Bonchev–Trinajstić information content (AvgIpc) is 3.04. The Morgan fingerprint density at radius 3 is 2.36 bits per heavy atom. The van der Waals surface area contributed by atoms with E-state index in [-0.39, 0.29) is 5.91 Å². The van der Waals surface area contributed by atoms with Gasteiger partial charge in [-0.15, -0.1) is 11.3 Å². The smallest absolute Gasteiger partial charge is 0.265 e. The van der Waals surface area contributed by atoms with Crippen molar-refractivity contribution in [1.82, 2.24) is 0 Å². The van der Waals surface area contributed by atoms with Crippen LogP contribution in [-0.2, 0) is 10.0 Å². The fraction of sp³-hybridized carbons (Fsp3) is 0.0556. The highest BCUT2D eigenvalue weighted by atomic mass is 32.2. The second-order valence-corrected chi connectivity index (χ2v) is 8.27. The first kappa shape index (κ1) is 17.2. The number of rotatable bonds is 5. The number of carbonyl (C=O) groups excluding carboxylic acids is 1. The molecule has 0 bridgehead atoms. The van der Waals surface area contributed by atoms with Gasteiger partial charge in [-0.05, 0) is 35.9 Å². The number of amides is 1. The van der Waals surface area contributed by atoms with Gasteiger partial charge in [0, 0.05) is 10.6 Å². The maximum Gasteiger partial charge on any atom is 0.265 e. The Bertz CT molecular complexity index is 996. The van der Waals surface area contributed by atoms with E-state index >= 15 is 0 Å². The van der Waals surface area contributed by atoms with E-state index in [1.54, 1.807) is 30.3 Å². The minimum atomic E-state index is -3.36. The van der Waals surface area contributed by atoms with Crippen LogP contribution in [0.15, 0.2) is 66.7 Å². The molecule has 0 fully saturated rings. The molecule has 7 heteroatoms. The molecule has 0 aliphatic heterocycles. The summed E-state index contributed by atoms with van der Waals surface area (Å²) in [5.74, 6) is -0.233. The summed E-state index contributed by atoms with van der Waals surface area (Å²) < 4.78 is 25.0. The van der Waals surface area contributed by atoms with Gasteiger partial charge in [0.25, 0.3) is 5.91 Å². The summed E-state index contributed by atoms with van der Waals surface area (Å²) in [5.41, 5.74) is 1.98. The molecule has 0 radical (unpaired) electrons. The van der Waals surface area contributed by atoms with Gasteiger partial charge in [0.05, 0.1) is 16.8 Å². The average molecular weight is 372 g/mol.